The van der Waals surface area contributed by atoms with Crippen molar-refractivity contribution in [3.8, 4) is 0 Å². The molecule has 0 aliphatic rings. The number of rotatable bonds is 5. The Kier molecular flexibility index (Phi) is 4.79. The highest BCUT2D eigenvalue weighted by Crippen LogP contribution is 2.30. The van der Waals surface area contributed by atoms with Crippen molar-refractivity contribution in [3.63, 3.8) is 0 Å². The molecule has 0 saturated carbocycles. The molecular formula is C20H16O2S. The predicted molar refractivity (Wildman–Crippen MR) is 94.5 cm³/mol. The van der Waals surface area contributed by atoms with Gasteiger partial charge in [0.25, 0.3) is 0 Å². The molecule has 0 amide bonds. The van der Waals surface area contributed by atoms with Gasteiger partial charge in [-0.3, -0.25) is 0 Å². The topological polar surface area (TPSA) is 26.3 Å². The minimum Gasteiger partial charge on any atom is -0.458 e. The maximum atomic E-state index is 11.1. The zero-order chi connectivity index (χ0) is 16.1. The quantitative estimate of drug-likeness (QED) is 0.476. The number of esters is 1. The highest BCUT2D eigenvalue weighted by molar-refractivity contribution is 7.99. The molecule has 23 heavy (non-hydrogen) atoms. The van der Waals surface area contributed by atoms with Crippen molar-refractivity contribution in [2.45, 2.75) is 16.4 Å². The van der Waals surface area contributed by atoms with E-state index in [1.807, 2.05) is 30.3 Å². The lowest BCUT2D eigenvalue weighted by Crippen LogP contribution is -1.99. The maximum Gasteiger partial charge on any atom is 0.330 e. The monoisotopic (exact) mass is 320 g/mol. The van der Waals surface area contributed by atoms with Gasteiger partial charge < -0.3 is 4.74 Å². The fraction of sp³-hybridized carbons (Fsp3) is 0.0500. The van der Waals surface area contributed by atoms with Crippen molar-refractivity contribution >= 4 is 28.5 Å². The van der Waals surface area contributed by atoms with Gasteiger partial charge in [0.1, 0.15) is 6.61 Å². The van der Waals surface area contributed by atoms with Crippen LogP contribution in [0, 0.1) is 0 Å². The third-order valence-electron chi connectivity index (χ3n) is 3.43. The first-order valence-electron chi connectivity index (χ1n) is 7.29. The minimum absolute atomic E-state index is 0.270. The summed E-state index contributed by atoms with van der Waals surface area (Å²) in [7, 11) is 0. The van der Waals surface area contributed by atoms with E-state index >= 15 is 0 Å². The molecule has 0 saturated heterocycles. The van der Waals surface area contributed by atoms with Crippen molar-refractivity contribution in [2.24, 2.45) is 0 Å². The molecular weight excluding hydrogens is 304 g/mol. The Morgan fingerprint density at radius 3 is 2.39 bits per heavy atom. The van der Waals surface area contributed by atoms with Crippen LogP contribution in [-0.4, -0.2) is 5.97 Å². The molecule has 0 aromatic heterocycles. The summed E-state index contributed by atoms with van der Waals surface area (Å²) in [6.07, 6.45) is 1.17. The Labute approximate surface area is 139 Å². The summed E-state index contributed by atoms with van der Waals surface area (Å²) in [5, 5.41) is 2.49. The fourth-order valence-electron chi connectivity index (χ4n) is 2.23. The Balaban J connectivity index is 1.69. The molecule has 0 aliphatic carbocycles. The zero-order valence-corrected chi connectivity index (χ0v) is 13.4. The smallest absolute Gasteiger partial charge is 0.330 e. The molecule has 0 fully saturated rings. The summed E-state index contributed by atoms with van der Waals surface area (Å²) >= 11 is 1.72. The number of benzene rings is 3. The maximum absolute atomic E-state index is 11.1. The highest BCUT2D eigenvalue weighted by atomic mass is 32.2. The summed E-state index contributed by atoms with van der Waals surface area (Å²) in [6, 6.07) is 22.8. The van der Waals surface area contributed by atoms with Crippen molar-refractivity contribution in [1.82, 2.24) is 0 Å². The molecule has 3 aromatic carbocycles. The molecule has 3 aromatic rings. The summed E-state index contributed by atoms with van der Waals surface area (Å²) < 4.78 is 5.02. The average molecular weight is 320 g/mol. The van der Waals surface area contributed by atoms with E-state index in [0.29, 0.717) is 0 Å². The van der Waals surface area contributed by atoms with Gasteiger partial charge in [0.2, 0.25) is 0 Å². The molecule has 0 atom stereocenters. The molecule has 114 valence electrons. The Bertz CT molecular complexity index is 838. The van der Waals surface area contributed by atoms with Gasteiger partial charge in [-0.05, 0) is 40.6 Å². The van der Waals surface area contributed by atoms with Crippen molar-refractivity contribution < 1.29 is 9.53 Å². The first-order valence-corrected chi connectivity index (χ1v) is 8.11. The van der Waals surface area contributed by atoms with Gasteiger partial charge in [0.15, 0.2) is 0 Å². The van der Waals surface area contributed by atoms with Crippen molar-refractivity contribution in [1.29, 1.82) is 0 Å². The molecule has 0 aliphatic heterocycles. The molecule has 0 N–H and O–H groups in total. The Hall–Kier alpha value is -2.52. The van der Waals surface area contributed by atoms with E-state index in [2.05, 4.69) is 43.0 Å². The molecule has 0 radical (unpaired) electrons. The molecule has 0 heterocycles. The third-order valence-corrected chi connectivity index (χ3v) is 4.43. The number of hydrogen-bond acceptors (Lipinski definition) is 3. The van der Waals surface area contributed by atoms with Gasteiger partial charge >= 0.3 is 5.97 Å². The van der Waals surface area contributed by atoms with Crippen molar-refractivity contribution in [3.05, 3.63) is 84.9 Å². The fourth-order valence-corrected chi connectivity index (χ4v) is 3.10. The van der Waals surface area contributed by atoms with Gasteiger partial charge in [-0.1, -0.05) is 60.8 Å². The first kappa shape index (κ1) is 15.4. The number of ether oxygens (including phenoxy) is 1. The first-order chi connectivity index (χ1) is 11.2. The standard InChI is InChI=1S/C20H16O2S/c1-2-20(21)22-14-15-7-10-18(11-8-15)23-19-12-9-16-5-3-4-6-17(16)13-19/h2-13H,1,14H2. The van der Waals surface area contributed by atoms with Gasteiger partial charge in [-0.2, -0.15) is 0 Å². The van der Waals surface area contributed by atoms with Crippen molar-refractivity contribution in [2.75, 3.05) is 0 Å². The number of carbonyl (C=O) groups excluding carboxylic acids is 1. The van der Waals surface area contributed by atoms with E-state index in [1.54, 1.807) is 11.8 Å². The lowest BCUT2D eigenvalue weighted by atomic mass is 10.1. The van der Waals surface area contributed by atoms with Crippen LogP contribution in [0.2, 0.25) is 0 Å². The lowest BCUT2D eigenvalue weighted by Gasteiger charge is -2.06. The van der Waals surface area contributed by atoms with E-state index in [1.165, 1.54) is 21.7 Å². The summed E-state index contributed by atoms with van der Waals surface area (Å²) in [6.45, 7) is 3.65. The average Bonchev–Trinajstić information content (AvgIpc) is 2.60. The van der Waals surface area contributed by atoms with Crippen LogP contribution in [0.4, 0.5) is 0 Å². The number of hydrogen-bond donors (Lipinski definition) is 0. The third kappa shape index (κ3) is 4.02. The van der Waals surface area contributed by atoms with Crippen LogP contribution in [0.25, 0.3) is 10.8 Å². The van der Waals surface area contributed by atoms with Crippen LogP contribution >= 0.6 is 11.8 Å². The zero-order valence-electron chi connectivity index (χ0n) is 12.6. The molecule has 2 nitrogen and oxygen atoms in total. The van der Waals surface area contributed by atoms with Gasteiger partial charge in [0, 0.05) is 15.9 Å². The molecule has 0 unspecified atom stereocenters. The summed E-state index contributed by atoms with van der Waals surface area (Å²) in [5.74, 6) is -0.403. The van der Waals surface area contributed by atoms with Gasteiger partial charge in [-0.15, -0.1) is 0 Å². The lowest BCUT2D eigenvalue weighted by molar-refractivity contribution is -0.138. The van der Waals surface area contributed by atoms with Crippen LogP contribution in [0.5, 0.6) is 0 Å². The summed E-state index contributed by atoms with van der Waals surface area (Å²) in [5.41, 5.74) is 0.961. The predicted octanol–water partition coefficient (Wildman–Crippen LogP) is 5.22. The molecule has 3 heteroatoms. The second-order valence-electron chi connectivity index (χ2n) is 5.07. The normalized spacial score (nSPS) is 10.4. The van der Waals surface area contributed by atoms with Crippen LogP contribution in [0.1, 0.15) is 5.56 Å². The number of carbonyl (C=O) groups is 1. The second-order valence-corrected chi connectivity index (χ2v) is 6.21. The minimum atomic E-state index is -0.403. The second kappa shape index (κ2) is 7.16. The summed E-state index contributed by atoms with van der Waals surface area (Å²) in [4.78, 5) is 13.4. The molecule has 0 spiro atoms. The Morgan fingerprint density at radius 1 is 0.957 bits per heavy atom. The van der Waals surface area contributed by atoms with Crippen LogP contribution < -0.4 is 0 Å². The van der Waals surface area contributed by atoms with Gasteiger partial charge in [-0.25, -0.2) is 4.79 Å². The highest BCUT2D eigenvalue weighted by Gasteiger charge is 2.01. The SMILES string of the molecule is C=CC(=O)OCc1ccc(Sc2ccc3ccccc3c2)cc1. The molecule has 3 rings (SSSR count). The largest absolute Gasteiger partial charge is 0.458 e. The van der Waals surface area contributed by atoms with E-state index in [0.717, 1.165) is 10.5 Å². The van der Waals surface area contributed by atoms with E-state index in [9.17, 15) is 4.79 Å². The number of fused-ring (bicyclic) bond motifs is 1. The van der Waals surface area contributed by atoms with Crippen LogP contribution in [0.15, 0.2) is 89.2 Å². The van der Waals surface area contributed by atoms with Gasteiger partial charge in [0.05, 0.1) is 0 Å². The van der Waals surface area contributed by atoms with E-state index < -0.39 is 5.97 Å². The molecule has 0 bridgehead atoms. The van der Waals surface area contributed by atoms with E-state index in [-0.39, 0.29) is 6.61 Å². The van der Waals surface area contributed by atoms with Crippen LogP contribution in [0.3, 0.4) is 0 Å². The van der Waals surface area contributed by atoms with Crippen LogP contribution in [-0.2, 0) is 16.1 Å². The Morgan fingerprint density at radius 2 is 1.65 bits per heavy atom. The van der Waals surface area contributed by atoms with E-state index in [4.69, 9.17) is 4.74 Å².